The third-order valence-corrected chi connectivity index (χ3v) is 15.8. The van der Waals surface area contributed by atoms with Gasteiger partial charge in [-0.1, -0.05) is 128 Å². The third kappa shape index (κ3) is 4.89. The molecule has 0 aromatic heterocycles. The molecule has 1 spiro atoms. The Kier molecular flexibility index (Phi) is 7.53. The summed E-state index contributed by atoms with van der Waals surface area (Å²) in [6.45, 7) is 6.22. The van der Waals surface area contributed by atoms with Crippen molar-refractivity contribution in [2.24, 2.45) is 0 Å². The number of anilines is 3. The second-order valence-corrected chi connectivity index (χ2v) is 16.7. The maximum absolute atomic E-state index is 6.77. The van der Waals surface area contributed by atoms with Crippen molar-refractivity contribution in [3.8, 4) is 16.9 Å². The molecule has 0 atom stereocenters. The maximum atomic E-state index is 6.77. The smallest absolute Gasteiger partial charge is 0.185 e. The SMILES string of the molecule is C=C/C=C\C1=C(C)[Si]2(c3cc(N(c4ccccc4)c4ccc(-c5ccccc5)cc4)ccc3O1)c1ccccc1Sc1ccccc12. The zero-order chi connectivity index (χ0) is 31.8. The summed E-state index contributed by atoms with van der Waals surface area (Å²) >= 11 is 1.88. The van der Waals surface area contributed by atoms with Gasteiger partial charge in [0, 0.05) is 26.9 Å². The number of ether oxygens (including phenoxy) is 1. The predicted octanol–water partition coefficient (Wildman–Crippen LogP) is 9.71. The highest BCUT2D eigenvalue weighted by molar-refractivity contribution is 8.00. The van der Waals surface area contributed by atoms with Gasteiger partial charge in [0.05, 0.1) is 0 Å². The molecule has 0 fully saturated rings. The van der Waals surface area contributed by atoms with Crippen LogP contribution in [0.5, 0.6) is 5.75 Å². The van der Waals surface area contributed by atoms with Crippen molar-refractivity contribution in [1.82, 2.24) is 0 Å². The second kappa shape index (κ2) is 12.1. The maximum Gasteiger partial charge on any atom is 0.185 e. The Morgan fingerprint density at radius 1 is 0.596 bits per heavy atom. The molecule has 0 unspecified atom stereocenters. The van der Waals surface area contributed by atoms with Crippen LogP contribution in [0.25, 0.3) is 11.1 Å². The van der Waals surface area contributed by atoms with Gasteiger partial charge in [0.15, 0.2) is 8.07 Å². The highest BCUT2D eigenvalue weighted by atomic mass is 32.2. The summed E-state index contributed by atoms with van der Waals surface area (Å²) in [6.07, 6.45) is 5.87. The van der Waals surface area contributed by atoms with E-state index >= 15 is 0 Å². The fourth-order valence-electron chi connectivity index (χ4n) is 7.08. The molecule has 6 aromatic rings. The molecule has 2 aliphatic rings. The highest BCUT2D eigenvalue weighted by Gasteiger charge is 2.51. The van der Waals surface area contributed by atoms with Crippen LogP contribution in [0, 0.1) is 0 Å². The van der Waals surface area contributed by atoms with E-state index in [-0.39, 0.29) is 0 Å². The molecule has 6 aromatic carbocycles. The van der Waals surface area contributed by atoms with Gasteiger partial charge in [-0.25, -0.2) is 0 Å². The van der Waals surface area contributed by atoms with Crippen LogP contribution in [0.2, 0.25) is 0 Å². The molecular formula is C43H33NOSSi. The van der Waals surface area contributed by atoms with Gasteiger partial charge in [0.25, 0.3) is 0 Å². The first-order valence-electron chi connectivity index (χ1n) is 15.9. The van der Waals surface area contributed by atoms with E-state index in [1.165, 1.54) is 41.7 Å². The molecule has 0 saturated heterocycles. The average Bonchev–Trinajstić information content (AvgIpc) is 3.13. The van der Waals surface area contributed by atoms with Crippen molar-refractivity contribution < 1.29 is 4.74 Å². The van der Waals surface area contributed by atoms with Crippen molar-refractivity contribution in [3.05, 3.63) is 187 Å². The summed E-state index contributed by atoms with van der Waals surface area (Å²) in [4.78, 5) is 5.00. The molecule has 2 heterocycles. The van der Waals surface area contributed by atoms with Crippen LogP contribution in [0.4, 0.5) is 17.1 Å². The lowest BCUT2D eigenvalue weighted by atomic mass is 10.0. The molecular weight excluding hydrogens is 607 g/mol. The van der Waals surface area contributed by atoms with Crippen molar-refractivity contribution in [1.29, 1.82) is 0 Å². The van der Waals surface area contributed by atoms with Gasteiger partial charge in [-0.05, 0) is 99.5 Å². The van der Waals surface area contributed by atoms with Gasteiger partial charge in [-0.2, -0.15) is 0 Å². The highest BCUT2D eigenvalue weighted by Crippen LogP contribution is 2.42. The zero-order valence-corrected chi connectivity index (χ0v) is 28.0. The molecule has 0 aliphatic carbocycles. The van der Waals surface area contributed by atoms with Crippen LogP contribution < -0.4 is 25.2 Å². The van der Waals surface area contributed by atoms with Gasteiger partial charge in [-0.15, -0.1) is 0 Å². The van der Waals surface area contributed by atoms with E-state index in [0.717, 1.165) is 28.6 Å². The summed E-state index contributed by atoms with van der Waals surface area (Å²) in [7, 11) is -2.76. The monoisotopic (exact) mass is 639 g/mol. The van der Waals surface area contributed by atoms with Gasteiger partial charge in [0.2, 0.25) is 0 Å². The molecule has 2 nitrogen and oxygen atoms in total. The van der Waals surface area contributed by atoms with Crippen LogP contribution >= 0.6 is 11.8 Å². The van der Waals surface area contributed by atoms with Crippen molar-refractivity contribution in [2.45, 2.75) is 16.7 Å². The largest absolute Gasteiger partial charge is 0.458 e. The minimum Gasteiger partial charge on any atom is -0.458 e. The van der Waals surface area contributed by atoms with E-state index in [9.17, 15) is 0 Å². The number of hydrogen-bond donors (Lipinski definition) is 0. The van der Waals surface area contributed by atoms with Crippen LogP contribution in [0.1, 0.15) is 6.92 Å². The topological polar surface area (TPSA) is 12.5 Å². The van der Waals surface area contributed by atoms with Gasteiger partial charge >= 0.3 is 0 Å². The number of fused-ring (bicyclic) bond motifs is 6. The lowest BCUT2D eigenvalue weighted by molar-refractivity contribution is 0.441. The Balaban J connectivity index is 1.37. The number of benzene rings is 6. The Morgan fingerprint density at radius 3 is 1.81 bits per heavy atom. The normalized spacial score (nSPS) is 14.2. The Hall–Kier alpha value is -5.29. The van der Waals surface area contributed by atoms with Crippen LogP contribution in [-0.2, 0) is 0 Å². The molecule has 0 saturated carbocycles. The summed E-state index contributed by atoms with van der Waals surface area (Å²) in [6, 6.07) is 54.8. The van der Waals surface area contributed by atoms with E-state index in [1.807, 2.05) is 23.9 Å². The quantitative estimate of drug-likeness (QED) is 0.133. The fourth-order valence-corrected chi connectivity index (χ4v) is 14.2. The minimum atomic E-state index is -2.76. The van der Waals surface area contributed by atoms with E-state index in [4.69, 9.17) is 4.74 Å². The number of nitrogens with zero attached hydrogens (tertiary/aromatic N) is 1. The van der Waals surface area contributed by atoms with Crippen molar-refractivity contribution >= 4 is 52.5 Å². The summed E-state index contributed by atoms with van der Waals surface area (Å²) in [5.41, 5.74) is 5.71. The fraction of sp³-hybridized carbons (Fsp3) is 0.0233. The summed E-state index contributed by atoms with van der Waals surface area (Å²) in [5, 5.41) is 5.38. The van der Waals surface area contributed by atoms with Crippen LogP contribution in [0.15, 0.2) is 197 Å². The number of rotatable bonds is 6. The molecule has 0 N–H and O–H groups in total. The number of hydrogen-bond acceptors (Lipinski definition) is 3. The number of allylic oxidation sites excluding steroid dienone is 4. The molecule has 0 radical (unpaired) electrons. The molecule has 2 aliphatic heterocycles. The number of para-hydroxylation sites is 1. The van der Waals surface area contributed by atoms with Gasteiger partial charge < -0.3 is 9.64 Å². The molecule has 8 rings (SSSR count). The Morgan fingerprint density at radius 2 is 1.15 bits per heavy atom. The first kappa shape index (κ1) is 29.1. The van der Waals surface area contributed by atoms with E-state index in [1.54, 1.807) is 0 Å². The first-order valence-corrected chi connectivity index (χ1v) is 18.7. The molecule has 226 valence electrons. The summed E-state index contributed by atoms with van der Waals surface area (Å²) < 4.78 is 6.77. The standard InChI is InChI=1S/C43H33NOSSi/c1-3-4-19-37-31(2)47(41-22-13-11-20-39(41)46-40-21-12-14-23-42(40)47)43-30-36(28-29-38(43)45-37)44(34-17-9-6-10-18-34)35-26-24-33(25-27-35)32-15-7-5-8-16-32/h3-30H,1H2,2H3/b19-4-. The molecule has 47 heavy (non-hydrogen) atoms. The van der Waals surface area contributed by atoms with E-state index < -0.39 is 8.07 Å². The van der Waals surface area contributed by atoms with Crippen LogP contribution in [-0.4, -0.2) is 8.07 Å². The molecule has 0 bridgehead atoms. The minimum absolute atomic E-state index is 0.907. The zero-order valence-electron chi connectivity index (χ0n) is 26.1. The lowest BCUT2D eigenvalue weighted by Gasteiger charge is -2.44. The van der Waals surface area contributed by atoms with Gasteiger partial charge in [-0.3, -0.25) is 0 Å². The lowest BCUT2D eigenvalue weighted by Crippen LogP contribution is -2.72. The Bertz CT molecular complexity index is 2120. The summed E-state index contributed by atoms with van der Waals surface area (Å²) in [5.74, 6) is 1.82. The molecule has 0 amide bonds. The van der Waals surface area contributed by atoms with Crippen LogP contribution in [0.3, 0.4) is 0 Å². The van der Waals surface area contributed by atoms with Crippen molar-refractivity contribution in [3.63, 3.8) is 0 Å². The first-order chi connectivity index (χ1) is 23.2. The predicted molar refractivity (Wildman–Crippen MR) is 201 cm³/mol. The van der Waals surface area contributed by atoms with Crippen molar-refractivity contribution in [2.75, 3.05) is 4.90 Å². The van der Waals surface area contributed by atoms with E-state index in [2.05, 4.69) is 176 Å². The third-order valence-electron chi connectivity index (χ3n) is 9.21. The second-order valence-electron chi connectivity index (χ2n) is 11.8. The average molecular weight is 640 g/mol. The van der Waals surface area contributed by atoms with Gasteiger partial charge in [0.1, 0.15) is 11.5 Å². The van der Waals surface area contributed by atoms with E-state index in [0.29, 0.717) is 0 Å². The molecule has 4 heteroatoms. The Labute approximate surface area is 282 Å².